The maximum absolute atomic E-state index is 4.22. The molecule has 0 amide bonds. The first-order valence-corrected chi connectivity index (χ1v) is 16.8. The third kappa shape index (κ3) is 3.99. The topological polar surface area (TPSA) is 9.86 Å². The largest absolute Gasteiger partial charge is 0.309 e. The molecule has 2 heteroatoms. The number of benzene rings is 6. The van der Waals surface area contributed by atoms with E-state index >= 15 is 0 Å². The fourth-order valence-electron chi connectivity index (χ4n) is 8.16. The molecule has 9 rings (SSSR count). The molecule has 0 saturated heterocycles. The summed E-state index contributed by atoms with van der Waals surface area (Å²) in [6, 6.07) is 49.0. The van der Waals surface area contributed by atoms with Crippen molar-refractivity contribution in [1.82, 2.24) is 9.13 Å². The smallest absolute Gasteiger partial charge is 0.0544 e. The Hall–Kier alpha value is -5.86. The first kappa shape index (κ1) is 28.4. The number of hydrogen-bond acceptors (Lipinski definition) is 0. The van der Waals surface area contributed by atoms with Crippen LogP contribution in [0.2, 0.25) is 0 Å². The average Bonchev–Trinajstić information content (AvgIpc) is 3.70. The molecule has 0 saturated carbocycles. The summed E-state index contributed by atoms with van der Waals surface area (Å²) in [5.41, 5.74) is 16.0. The lowest BCUT2D eigenvalue weighted by atomic mass is 9.82. The Morgan fingerprint density at radius 2 is 1.12 bits per heavy atom. The van der Waals surface area contributed by atoms with Crippen LogP contribution >= 0.6 is 0 Å². The van der Waals surface area contributed by atoms with Crippen LogP contribution in [0.3, 0.4) is 0 Å². The predicted octanol–water partition coefficient (Wildman–Crippen LogP) is 12.4. The summed E-state index contributed by atoms with van der Waals surface area (Å²) in [7, 11) is 0. The average molecular weight is 617 g/mol. The van der Waals surface area contributed by atoms with Gasteiger partial charge >= 0.3 is 0 Å². The summed E-state index contributed by atoms with van der Waals surface area (Å²) in [5, 5.41) is 3.76. The summed E-state index contributed by atoms with van der Waals surface area (Å²) >= 11 is 0. The van der Waals surface area contributed by atoms with E-state index in [1.54, 1.807) is 0 Å². The van der Waals surface area contributed by atoms with Crippen molar-refractivity contribution in [3.8, 4) is 33.6 Å². The third-order valence-electron chi connectivity index (χ3n) is 10.4. The van der Waals surface area contributed by atoms with Gasteiger partial charge in [0.25, 0.3) is 0 Å². The molecule has 0 bridgehead atoms. The van der Waals surface area contributed by atoms with E-state index in [1.165, 1.54) is 77.3 Å². The number of nitrogens with zero attached hydrogens (tertiary/aromatic N) is 2. The molecule has 0 radical (unpaired) electrons. The predicted molar refractivity (Wildman–Crippen MR) is 205 cm³/mol. The number of hydrogen-bond donors (Lipinski definition) is 0. The van der Waals surface area contributed by atoms with Crippen molar-refractivity contribution in [2.45, 2.75) is 26.2 Å². The van der Waals surface area contributed by atoms with Crippen LogP contribution in [0.5, 0.6) is 0 Å². The third-order valence-corrected chi connectivity index (χ3v) is 10.4. The van der Waals surface area contributed by atoms with Gasteiger partial charge in [-0.1, -0.05) is 105 Å². The van der Waals surface area contributed by atoms with Crippen LogP contribution in [0.1, 0.15) is 43.2 Å². The van der Waals surface area contributed by atoms with E-state index in [0.29, 0.717) is 0 Å². The number of rotatable bonds is 5. The molecule has 1 aliphatic carbocycles. The molecule has 0 aliphatic heterocycles. The minimum Gasteiger partial charge on any atom is -0.309 e. The fourth-order valence-corrected chi connectivity index (χ4v) is 8.16. The van der Waals surface area contributed by atoms with Gasteiger partial charge in [-0.25, -0.2) is 0 Å². The van der Waals surface area contributed by atoms with Crippen molar-refractivity contribution in [3.63, 3.8) is 0 Å². The van der Waals surface area contributed by atoms with Gasteiger partial charge in [0.15, 0.2) is 0 Å². The van der Waals surface area contributed by atoms with Gasteiger partial charge < -0.3 is 9.13 Å². The van der Waals surface area contributed by atoms with Crippen molar-refractivity contribution in [2.24, 2.45) is 0 Å². The molecular formula is C46H36N2. The van der Waals surface area contributed by atoms with Gasteiger partial charge in [0.05, 0.1) is 22.2 Å². The van der Waals surface area contributed by atoms with Crippen molar-refractivity contribution >= 4 is 44.9 Å². The number of fused-ring (bicyclic) bond motifs is 7. The first-order valence-electron chi connectivity index (χ1n) is 16.8. The highest BCUT2D eigenvalue weighted by atomic mass is 15.0. The number of allylic oxidation sites excluding steroid dienone is 1. The summed E-state index contributed by atoms with van der Waals surface area (Å²) in [5.74, 6) is 0. The Labute approximate surface area is 281 Å². The summed E-state index contributed by atoms with van der Waals surface area (Å²) in [6.45, 7) is 11.0. The fraction of sp³-hybridized carbons (Fsp3) is 0.0870. The summed E-state index contributed by atoms with van der Waals surface area (Å²) in [4.78, 5) is 0. The monoisotopic (exact) mass is 616 g/mol. The quantitative estimate of drug-likeness (QED) is 0.182. The van der Waals surface area contributed by atoms with Crippen molar-refractivity contribution < 1.29 is 0 Å². The second-order valence-corrected chi connectivity index (χ2v) is 13.4. The van der Waals surface area contributed by atoms with Gasteiger partial charge in [-0.3, -0.25) is 0 Å². The minimum absolute atomic E-state index is 0.0657. The lowest BCUT2D eigenvalue weighted by Crippen LogP contribution is -2.14. The first-order chi connectivity index (χ1) is 23.5. The van der Waals surface area contributed by atoms with Crippen LogP contribution in [0.25, 0.3) is 78.5 Å². The molecule has 1 aliphatic rings. The summed E-state index contributed by atoms with van der Waals surface area (Å²) < 4.78 is 4.76. The molecule has 8 aromatic rings. The molecule has 0 spiro atoms. The van der Waals surface area contributed by atoms with Gasteiger partial charge in [-0.15, -0.1) is 0 Å². The molecule has 6 aromatic carbocycles. The number of para-hydroxylation sites is 2. The lowest BCUT2D eigenvalue weighted by molar-refractivity contribution is 0.661. The molecule has 2 aromatic heterocycles. The normalized spacial score (nSPS) is 13.5. The van der Waals surface area contributed by atoms with E-state index in [0.717, 1.165) is 11.4 Å². The molecule has 0 fully saturated rings. The Kier molecular flexibility index (Phi) is 6.26. The second kappa shape index (κ2) is 10.6. The Bertz CT molecular complexity index is 2590. The van der Waals surface area contributed by atoms with Crippen LogP contribution in [0.4, 0.5) is 0 Å². The molecule has 48 heavy (non-hydrogen) atoms. The SMILES string of the molecule is C=Cc1c(/C=C\C)c2cc(-c3ccc4c(c3)c3cc5c(cc3n4-c3ccccc3)C(C)(C)c3ccccc3-5)ccc2n1-c1ccccc1. The van der Waals surface area contributed by atoms with Gasteiger partial charge in [0, 0.05) is 38.5 Å². The van der Waals surface area contributed by atoms with Gasteiger partial charge in [0.1, 0.15) is 0 Å². The Morgan fingerprint density at radius 1 is 0.542 bits per heavy atom. The van der Waals surface area contributed by atoms with E-state index in [9.17, 15) is 0 Å². The highest BCUT2D eigenvalue weighted by Crippen LogP contribution is 2.51. The maximum Gasteiger partial charge on any atom is 0.0544 e. The molecule has 0 unspecified atom stereocenters. The van der Waals surface area contributed by atoms with Crippen LogP contribution < -0.4 is 0 Å². The zero-order valence-electron chi connectivity index (χ0n) is 27.5. The van der Waals surface area contributed by atoms with E-state index in [2.05, 4.69) is 182 Å². The van der Waals surface area contributed by atoms with Crippen LogP contribution in [0, 0.1) is 0 Å². The molecule has 0 atom stereocenters. The van der Waals surface area contributed by atoms with E-state index in [4.69, 9.17) is 0 Å². The van der Waals surface area contributed by atoms with Crippen LogP contribution in [0.15, 0.2) is 146 Å². The molecule has 2 nitrogen and oxygen atoms in total. The molecular weight excluding hydrogens is 581 g/mol. The van der Waals surface area contributed by atoms with E-state index in [1.807, 2.05) is 6.08 Å². The Balaban J connectivity index is 1.30. The maximum atomic E-state index is 4.22. The van der Waals surface area contributed by atoms with Crippen molar-refractivity contribution in [2.75, 3.05) is 0 Å². The number of aromatic nitrogens is 2. The van der Waals surface area contributed by atoms with Crippen LogP contribution in [-0.2, 0) is 5.41 Å². The molecule has 0 N–H and O–H groups in total. The second-order valence-electron chi connectivity index (χ2n) is 13.4. The molecule has 230 valence electrons. The van der Waals surface area contributed by atoms with E-state index < -0.39 is 0 Å². The van der Waals surface area contributed by atoms with Crippen molar-refractivity contribution in [3.05, 3.63) is 168 Å². The lowest BCUT2D eigenvalue weighted by Gasteiger charge is -2.21. The molecule has 2 heterocycles. The van der Waals surface area contributed by atoms with Gasteiger partial charge in [0.2, 0.25) is 0 Å². The van der Waals surface area contributed by atoms with Gasteiger partial charge in [-0.2, -0.15) is 0 Å². The standard InChI is InChI=1S/C46H36N2/c1-5-15-35-37-26-30(22-24-43(37)47(42(35)6-2)32-16-9-7-10-17-32)31-23-25-44-38(27-31)39-28-36-34-20-13-14-21-40(34)46(3,4)41(36)29-45(39)48(44)33-18-11-8-12-19-33/h5-29H,2H2,1,3-4H3/b15-5-. The van der Waals surface area contributed by atoms with Crippen molar-refractivity contribution in [1.29, 1.82) is 0 Å². The van der Waals surface area contributed by atoms with Crippen LogP contribution in [-0.4, -0.2) is 9.13 Å². The highest BCUT2D eigenvalue weighted by molar-refractivity contribution is 6.13. The highest BCUT2D eigenvalue weighted by Gasteiger charge is 2.36. The zero-order valence-corrected chi connectivity index (χ0v) is 27.5. The summed E-state index contributed by atoms with van der Waals surface area (Å²) in [6.07, 6.45) is 6.30. The minimum atomic E-state index is -0.0657. The Morgan fingerprint density at radius 3 is 1.79 bits per heavy atom. The van der Waals surface area contributed by atoms with Gasteiger partial charge in [-0.05, 0) is 107 Å². The van der Waals surface area contributed by atoms with E-state index in [-0.39, 0.29) is 5.41 Å². The zero-order chi connectivity index (χ0) is 32.6.